The second kappa shape index (κ2) is 5.98. The van der Waals surface area contributed by atoms with Gasteiger partial charge in [0, 0.05) is 5.56 Å². The number of benzene rings is 2. The van der Waals surface area contributed by atoms with Gasteiger partial charge in [0.05, 0.1) is 18.2 Å². The van der Waals surface area contributed by atoms with Gasteiger partial charge in [-0.3, -0.25) is 9.69 Å². The standard InChI is InChI=1S/C18H13F2N3O2/c1-18(13-4-2-11(9-21)3-5-13)16(24)23(17(25)22-18)10-12-8-14(19)6-7-15(12)20/h2-8H,10H2,1H3,(H,22,25)/t18-/m0/s1. The molecule has 1 fully saturated rings. The first-order valence-corrected chi connectivity index (χ1v) is 7.44. The van der Waals surface area contributed by atoms with Crippen molar-refractivity contribution in [1.82, 2.24) is 10.2 Å². The quantitative estimate of drug-likeness (QED) is 0.873. The summed E-state index contributed by atoms with van der Waals surface area (Å²) in [5.74, 6) is -1.93. The first-order valence-electron chi connectivity index (χ1n) is 7.44. The molecule has 1 atom stereocenters. The number of urea groups is 1. The SMILES string of the molecule is C[C@@]1(c2ccc(C#N)cc2)NC(=O)N(Cc2cc(F)ccc2F)C1=O. The Morgan fingerprint density at radius 1 is 1.16 bits per heavy atom. The smallest absolute Gasteiger partial charge is 0.319 e. The molecule has 0 unspecified atom stereocenters. The third-order valence-corrected chi connectivity index (χ3v) is 4.20. The number of amides is 3. The Kier molecular flexibility index (Phi) is 3.97. The molecule has 1 aliphatic heterocycles. The van der Waals surface area contributed by atoms with Crippen molar-refractivity contribution in [3.05, 3.63) is 70.8 Å². The van der Waals surface area contributed by atoms with Crippen molar-refractivity contribution < 1.29 is 18.4 Å². The zero-order valence-electron chi connectivity index (χ0n) is 13.2. The maximum atomic E-state index is 13.8. The van der Waals surface area contributed by atoms with E-state index in [1.807, 2.05) is 6.07 Å². The summed E-state index contributed by atoms with van der Waals surface area (Å²) < 4.78 is 27.1. The number of nitriles is 1. The molecule has 2 aromatic rings. The van der Waals surface area contributed by atoms with Gasteiger partial charge < -0.3 is 5.32 Å². The predicted octanol–water partition coefficient (Wildman–Crippen LogP) is 2.80. The van der Waals surface area contributed by atoms with Crippen LogP contribution in [-0.2, 0) is 16.9 Å². The molecule has 0 aromatic heterocycles. The topological polar surface area (TPSA) is 73.2 Å². The third-order valence-electron chi connectivity index (χ3n) is 4.20. The summed E-state index contributed by atoms with van der Waals surface area (Å²) in [6.07, 6.45) is 0. The van der Waals surface area contributed by atoms with Gasteiger partial charge in [-0.25, -0.2) is 13.6 Å². The lowest BCUT2D eigenvalue weighted by atomic mass is 9.91. The molecule has 1 aliphatic rings. The number of imide groups is 1. The van der Waals surface area contributed by atoms with Gasteiger partial charge in [-0.1, -0.05) is 12.1 Å². The monoisotopic (exact) mass is 341 g/mol. The van der Waals surface area contributed by atoms with Crippen LogP contribution in [0.2, 0.25) is 0 Å². The summed E-state index contributed by atoms with van der Waals surface area (Å²) in [5.41, 5.74) is -0.517. The van der Waals surface area contributed by atoms with Crippen molar-refractivity contribution in [2.45, 2.75) is 19.0 Å². The maximum Gasteiger partial charge on any atom is 0.325 e. The van der Waals surface area contributed by atoms with Gasteiger partial charge in [0.25, 0.3) is 5.91 Å². The van der Waals surface area contributed by atoms with Gasteiger partial charge >= 0.3 is 6.03 Å². The minimum absolute atomic E-state index is 0.0902. The van der Waals surface area contributed by atoms with Crippen LogP contribution >= 0.6 is 0 Å². The van der Waals surface area contributed by atoms with E-state index in [4.69, 9.17) is 5.26 Å². The number of hydrogen-bond donors (Lipinski definition) is 1. The number of carbonyl (C=O) groups excluding carboxylic acids is 2. The normalized spacial score (nSPS) is 19.7. The highest BCUT2D eigenvalue weighted by atomic mass is 19.1. The van der Waals surface area contributed by atoms with Crippen LogP contribution in [0.1, 0.15) is 23.6 Å². The summed E-state index contributed by atoms with van der Waals surface area (Å²) in [4.78, 5) is 25.8. The first kappa shape index (κ1) is 16.6. The van der Waals surface area contributed by atoms with Crippen LogP contribution in [0.3, 0.4) is 0 Å². The molecule has 3 amide bonds. The number of carbonyl (C=O) groups is 2. The van der Waals surface area contributed by atoms with Gasteiger partial charge in [0.1, 0.15) is 17.2 Å². The Morgan fingerprint density at radius 3 is 2.48 bits per heavy atom. The Labute approximate surface area is 142 Å². The summed E-state index contributed by atoms with van der Waals surface area (Å²) in [5, 5.41) is 11.4. The number of hydrogen-bond acceptors (Lipinski definition) is 3. The third kappa shape index (κ3) is 2.83. The molecule has 0 radical (unpaired) electrons. The molecule has 0 saturated carbocycles. The van der Waals surface area contributed by atoms with Crippen molar-refractivity contribution in [3.8, 4) is 6.07 Å². The highest BCUT2D eigenvalue weighted by Crippen LogP contribution is 2.30. The van der Waals surface area contributed by atoms with Gasteiger partial charge in [0.2, 0.25) is 0 Å². The number of nitrogens with one attached hydrogen (secondary N) is 1. The van der Waals surface area contributed by atoms with Crippen molar-refractivity contribution in [3.63, 3.8) is 0 Å². The van der Waals surface area contributed by atoms with Crippen LogP contribution in [0, 0.1) is 23.0 Å². The van der Waals surface area contributed by atoms with E-state index in [9.17, 15) is 18.4 Å². The highest BCUT2D eigenvalue weighted by Gasteiger charge is 2.49. The summed E-state index contributed by atoms with van der Waals surface area (Å²) in [7, 11) is 0. The molecule has 0 bridgehead atoms. The molecule has 0 spiro atoms. The Balaban J connectivity index is 1.91. The van der Waals surface area contributed by atoms with E-state index in [1.54, 1.807) is 12.1 Å². The fraction of sp³-hybridized carbons (Fsp3) is 0.167. The van der Waals surface area contributed by atoms with E-state index in [0.717, 1.165) is 23.1 Å². The Hall–Kier alpha value is -3.27. The Morgan fingerprint density at radius 2 is 1.84 bits per heavy atom. The van der Waals surface area contributed by atoms with E-state index in [-0.39, 0.29) is 12.1 Å². The summed E-state index contributed by atoms with van der Waals surface area (Å²) >= 11 is 0. The van der Waals surface area contributed by atoms with E-state index >= 15 is 0 Å². The molecular weight excluding hydrogens is 328 g/mol. The highest BCUT2D eigenvalue weighted by molar-refractivity contribution is 6.07. The van der Waals surface area contributed by atoms with Crippen molar-refractivity contribution >= 4 is 11.9 Å². The van der Waals surface area contributed by atoms with Crippen molar-refractivity contribution in [2.24, 2.45) is 0 Å². The van der Waals surface area contributed by atoms with Crippen molar-refractivity contribution in [1.29, 1.82) is 5.26 Å². The lowest BCUT2D eigenvalue weighted by Gasteiger charge is -2.22. The Bertz CT molecular complexity index is 906. The lowest BCUT2D eigenvalue weighted by molar-refractivity contribution is -0.131. The van der Waals surface area contributed by atoms with Crippen LogP contribution in [0.25, 0.3) is 0 Å². The second-order valence-corrected chi connectivity index (χ2v) is 5.87. The van der Waals surface area contributed by atoms with Crippen LogP contribution in [0.15, 0.2) is 42.5 Å². The molecule has 1 heterocycles. The van der Waals surface area contributed by atoms with Gasteiger partial charge in [0.15, 0.2) is 0 Å². The van der Waals surface area contributed by atoms with Crippen LogP contribution in [0.5, 0.6) is 0 Å². The lowest BCUT2D eigenvalue weighted by Crippen LogP contribution is -2.40. The molecule has 1 N–H and O–H groups in total. The first-order chi connectivity index (χ1) is 11.8. The zero-order chi connectivity index (χ0) is 18.2. The summed E-state index contributed by atoms with van der Waals surface area (Å²) in [6.45, 7) is 1.15. The largest absolute Gasteiger partial charge is 0.325 e. The number of rotatable bonds is 3. The molecule has 7 heteroatoms. The molecule has 2 aromatic carbocycles. The molecule has 3 rings (SSSR count). The maximum absolute atomic E-state index is 13.8. The van der Waals surface area contributed by atoms with E-state index in [1.165, 1.54) is 19.1 Å². The minimum Gasteiger partial charge on any atom is -0.319 e. The van der Waals surface area contributed by atoms with Crippen LogP contribution in [0.4, 0.5) is 13.6 Å². The van der Waals surface area contributed by atoms with Crippen molar-refractivity contribution in [2.75, 3.05) is 0 Å². The van der Waals surface area contributed by atoms with Crippen LogP contribution in [-0.4, -0.2) is 16.8 Å². The van der Waals surface area contributed by atoms with E-state index in [0.29, 0.717) is 11.1 Å². The van der Waals surface area contributed by atoms with Gasteiger partial charge in [-0.05, 0) is 42.8 Å². The number of halogens is 2. The molecule has 126 valence electrons. The average molecular weight is 341 g/mol. The molecular formula is C18H13F2N3O2. The van der Waals surface area contributed by atoms with Crippen LogP contribution < -0.4 is 5.32 Å². The van der Waals surface area contributed by atoms with E-state index in [2.05, 4.69) is 5.32 Å². The fourth-order valence-corrected chi connectivity index (χ4v) is 2.75. The van der Waals surface area contributed by atoms with Gasteiger partial charge in [-0.15, -0.1) is 0 Å². The van der Waals surface area contributed by atoms with E-state index < -0.39 is 29.1 Å². The average Bonchev–Trinajstić information content (AvgIpc) is 2.82. The summed E-state index contributed by atoms with van der Waals surface area (Å²) in [6, 6.07) is 10.4. The minimum atomic E-state index is -1.34. The second-order valence-electron chi connectivity index (χ2n) is 5.87. The number of nitrogens with zero attached hydrogens (tertiary/aromatic N) is 2. The molecule has 1 saturated heterocycles. The molecule has 0 aliphatic carbocycles. The molecule has 5 nitrogen and oxygen atoms in total. The predicted molar refractivity (Wildman–Crippen MR) is 83.9 cm³/mol. The zero-order valence-corrected chi connectivity index (χ0v) is 13.2. The molecule has 25 heavy (non-hydrogen) atoms. The fourth-order valence-electron chi connectivity index (χ4n) is 2.75. The van der Waals surface area contributed by atoms with Gasteiger partial charge in [-0.2, -0.15) is 5.26 Å².